The van der Waals surface area contributed by atoms with E-state index in [0.29, 0.717) is 0 Å². The number of alkyl carbamates (subject to hydrolysis) is 1. The molecule has 3 aromatic rings. The zero-order valence-corrected chi connectivity index (χ0v) is 19.3. The molecule has 0 saturated carbocycles. The van der Waals surface area contributed by atoms with Gasteiger partial charge in [-0.15, -0.1) is 0 Å². The van der Waals surface area contributed by atoms with Crippen LogP contribution in [0.3, 0.4) is 0 Å². The summed E-state index contributed by atoms with van der Waals surface area (Å²) in [6.45, 7) is 0.0254. The summed E-state index contributed by atoms with van der Waals surface area (Å²) in [4.78, 5) is 36.6. The van der Waals surface area contributed by atoms with Crippen LogP contribution in [-0.2, 0) is 14.3 Å². The summed E-state index contributed by atoms with van der Waals surface area (Å²) in [6.07, 6.45) is -1.56. The highest BCUT2D eigenvalue weighted by molar-refractivity contribution is 6.39. The van der Waals surface area contributed by atoms with Crippen molar-refractivity contribution in [3.63, 3.8) is 0 Å². The van der Waals surface area contributed by atoms with E-state index >= 15 is 0 Å². The topological polar surface area (TPSA) is 105 Å². The van der Waals surface area contributed by atoms with Gasteiger partial charge in [0.15, 0.2) is 0 Å². The molecule has 0 bridgehead atoms. The number of rotatable bonds is 7. The van der Waals surface area contributed by atoms with Crippen LogP contribution in [0.4, 0.5) is 10.5 Å². The molecule has 1 unspecified atom stereocenters. The number of carbonyl (C=O) groups excluding carboxylic acids is 2. The van der Waals surface area contributed by atoms with E-state index in [-0.39, 0.29) is 28.3 Å². The number of anilines is 1. The molecule has 34 heavy (non-hydrogen) atoms. The van der Waals surface area contributed by atoms with Crippen molar-refractivity contribution < 1.29 is 24.2 Å². The number of carbonyl (C=O) groups is 3. The molecule has 0 heterocycles. The fourth-order valence-corrected chi connectivity index (χ4v) is 4.49. The van der Waals surface area contributed by atoms with Gasteiger partial charge in [0.2, 0.25) is 5.91 Å². The number of fused-ring (bicyclic) bond motifs is 3. The maximum atomic E-state index is 12.7. The first-order chi connectivity index (χ1) is 16.3. The molecule has 9 heteroatoms. The molecule has 7 nitrogen and oxygen atoms in total. The van der Waals surface area contributed by atoms with Gasteiger partial charge in [0.05, 0.1) is 22.2 Å². The van der Waals surface area contributed by atoms with E-state index in [2.05, 4.69) is 10.6 Å². The Morgan fingerprint density at radius 3 is 2.00 bits per heavy atom. The Morgan fingerprint density at radius 2 is 1.44 bits per heavy atom. The Bertz CT molecular complexity index is 1200. The molecule has 3 aromatic carbocycles. The summed E-state index contributed by atoms with van der Waals surface area (Å²) < 4.78 is 5.42. The van der Waals surface area contributed by atoms with Crippen molar-refractivity contribution in [1.82, 2.24) is 5.32 Å². The number of halogens is 2. The molecule has 0 fully saturated rings. The maximum absolute atomic E-state index is 12.7. The van der Waals surface area contributed by atoms with Crippen LogP contribution in [0.5, 0.6) is 0 Å². The molecular weight excluding hydrogens is 479 g/mol. The second kappa shape index (κ2) is 10.2. The molecule has 0 radical (unpaired) electrons. The predicted octanol–water partition coefficient (Wildman–Crippen LogP) is 5.31. The third-order valence-corrected chi connectivity index (χ3v) is 6.17. The average Bonchev–Trinajstić information content (AvgIpc) is 3.13. The number of aliphatic carboxylic acids is 1. The SMILES string of the molecule is O=C(O)CC(NC(=O)OCC1c2ccccc2-c2ccccc21)C(=O)Nc1c(Cl)cccc1Cl. The van der Waals surface area contributed by atoms with Crippen LogP contribution in [-0.4, -0.2) is 35.7 Å². The van der Waals surface area contributed by atoms with E-state index in [1.54, 1.807) is 6.07 Å². The lowest BCUT2D eigenvalue weighted by atomic mass is 9.98. The first-order valence-corrected chi connectivity index (χ1v) is 11.2. The Kier molecular flexibility index (Phi) is 7.05. The van der Waals surface area contributed by atoms with Crippen molar-refractivity contribution in [3.8, 4) is 11.1 Å². The molecule has 0 saturated heterocycles. The van der Waals surface area contributed by atoms with Crippen LogP contribution in [0.2, 0.25) is 10.0 Å². The Hall–Kier alpha value is -3.55. The lowest BCUT2D eigenvalue weighted by molar-refractivity contribution is -0.139. The zero-order valence-electron chi connectivity index (χ0n) is 17.8. The van der Waals surface area contributed by atoms with Gasteiger partial charge in [0.1, 0.15) is 12.6 Å². The summed E-state index contributed by atoms with van der Waals surface area (Å²) in [5, 5.41) is 14.4. The normalized spacial score (nSPS) is 12.9. The minimum atomic E-state index is -1.40. The highest BCUT2D eigenvalue weighted by Crippen LogP contribution is 2.44. The van der Waals surface area contributed by atoms with Crippen LogP contribution in [0.1, 0.15) is 23.5 Å². The van der Waals surface area contributed by atoms with Crippen molar-refractivity contribution in [3.05, 3.63) is 87.9 Å². The molecule has 2 amide bonds. The van der Waals surface area contributed by atoms with Crippen LogP contribution < -0.4 is 10.6 Å². The third kappa shape index (κ3) is 5.00. The number of benzene rings is 3. The number of carboxylic acid groups (broad SMARTS) is 1. The van der Waals surface area contributed by atoms with Gasteiger partial charge in [-0.3, -0.25) is 9.59 Å². The van der Waals surface area contributed by atoms with Gasteiger partial charge in [-0.25, -0.2) is 4.79 Å². The minimum absolute atomic E-state index is 0.0254. The number of ether oxygens (including phenoxy) is 1. The van der Waals surface area contributed by atoms with E-state index in [1.807, 2.05) is 48.5 Å². The largest absolute Gasteiger partial charge is 0.481 e. The molecule has 3 N–H and O–H groups in total. The summed E-state index contributed by atoms with van der Waals surface area (Å²) in [5.41, 5.74) is 4.34. The van der Waals surface area contributed by atoms with Gasteiger partial charge in [0, 0.05) is 5.92 Å². The van der Waals surface area contributed by atoms with Crippen molar-refractivity contribution in [2.75, 3.05) is 11.9 Å². The van der Waals surface area contributed by atoms with E-state index in [1.165, 1.54) is 12.1 Å². The fraction of sp³-hybridized carbons (Fsp3) is 0.160. The van der Waals surface area contributed by atoms with Crippen LogP contribution >= 0.6 is 23.2 Å². The van der Waals surface area contributed by atoms with Gasteiger partial charge < -0.3 is 20.5 Å². The van der Waals surface area contributed by atoms with E-state index < -0.39 is 30.4 Å². The molecule has 1 atom stereocenters. The number of amides is 2. The lowest BCUT2D eigenvalue weighted by Crippen LogP contribution is -2.45. The first kappa shape index (κ1) is 23.6. The smallest absolute Gasteiger partial charge is 0.407 e. The summed E-state index contributed by atoms with van der Waals surface area (Å²) in [7, 11) is 0. The number of carboxylic acids is 1. The molecular formula is C25H20Cl2N2O5. The molecule has 0 aliphatic heterocycles. The molecule has 1 aliphatic carbocycles. The van der Waals surface area contributed by atoms with E-state index in [0.717, 1.165) is 22.3 Å². The Labute approximate surface area is 205 Å². The second-order valence-corrected chi connectivity index (χ2v) is 8.52. The van der Waals surface area contributed by atoms with E-state index in [9.17, 15) is 19.5 Å². The summed E-state index contributed by atoms with van der Waals surface area (Å²) in [6, 6.07) is 19.0. The van der Waals surface area contributed by atoms with Crippen molar-refractivity contribution in [2.24, 2.45) is 0 Å². The molecule has 1 aliphatic rings. The van der Waals surface area contributed by atoms with Crippen LogP contribution in [0.15, 0.2) is 66.7 Å². The third-order valence-electron chi connectivity index (χ3n) is 5.54. The Morgan fingerprint density at radius 1 is 0.882 bits per heavy atom. The second-order valence-electron chi connectivity index (χ2n) is 7.71. The van der Waals surface area contributed by atoms with E-state index in [4.69, 9.17) is 27.9 Å². The lowest BCUT2D eigenvalue weighted by Gasteiger charge is -2.19. The van der Waals surface area contributed by atoms with Crippen molar-refractivity contribution in [2.45, 2.75) is 18.4 Å². The molecule has 0 aromatic heterocycles. The highest BCUT2D eigenvalue weighted by atomic mass is 35.5. The van der Waals surface area contributed by atoms with Crippen LogP contribution in [0, 0.1) is 0 Å². The van der Waals surface area contributed by atoms with Gasteiger partial charge in [-0.1, -0.05) is 77.8 Å². The Balaban J connectivity index is 1.45. The van der Waals surface area contributed by atoms with Gasteiger partial charge >= 0.3 is 12.1 Å². The van der Waals surface area contributed by atoms with Crippen molar-refractivity contribution >= 4 is 46.9 Å². The number of nitrogens with one attached hydrogen (secondary N) is 2. The number of para-hydroxylation sites is 1. The minimum Gasteiger partial charge on any atom is -0.481 e. The number of hydrogen-bond acceptors (Lipinski definition) is 4. The van der Waals surface area contributed by atoms with Crippen molar-refractivity contribution in [1.29, 1.82) is 0 Å². The summed E-state index contributed by atoms with van der Waals surface area (Å²) >= 11 is 12.1. The molecule has 174 valence electrons. The van der Waals surface area contributed by atoms with Gasteiger partial charge in [-0.05, 0) is 34.4 Å². The zero-order chi connectivity index (χ0) is 24.2. The monoisotopic (exact) mass is 498 g/mol. The van der Waals surface area contributed by atoms with Gasteiger partial charge in [-0.2, -0.15) is 0 Å². The predicted molar refractivity (Wildman–Crippen MR) is 129 cm³/mol. The fourth-order valence-electron chi connectivity index (χ4n) is 3.99. The molecule has 4 rings (SSSR count). The number of hydrogen-bond donors (Lipinski definition) is 3. The van der Waals surface area contributed by atoms with Crippen LogP contribution in [0.25, 0.3) is 11.1 Å². The quantitative estimate of drug-likeness (QED) is 0.409. The van der Waals surface area contributed by atoms with Gasteiger partial charge in [0.25, 0.3) is 0 Å². The molecule has 0 spiro atoms. The first-order valence-electron chi connectivity index (χ1n) is 10.4. The summed E-state index contributed by atoms with van der Waals surface area (Å²) in [5.74, 6) is -2.23. The highest BCUT2D eigenvalue weighted by Gasteiger charge is 2.30. The average molecular weight is 499 g/mol. The standard InChI is InChI=1S/C25H20Cl2N2O5/c26-19-10-5-11-20(27)23(19)29-24(32)21(12-22(30)31)28-25(33)34-13-18-16-8-3-1-6-14(16)15-7-2-4-9-17(15)18/h1-11,18,21H,12-13H2,(H,28,33)(H,29,32)(H,30,31). The maximum Gasteiger partial charge on any atom is 0.407 e.